The van der Waals surface area contributed by atoms with Crippen LogP contribution in [-0.4, -0.2) is 83.1 Å². The second kappa shape index (κ2) is 12.9. The minimum absolute atomic E-state index is 0.0161. The Morgan fingerprint density at radius 3 is 2.50 bits per heavy atom. The first-order chi connectivity index (χ1) is 21.4. The zero-order valence-electron chi connectivity index (χ0n) is 24.7. The van der Waals surface area contributed by atoms with Gasteiger partial charge in [-0.25, -0.2) is 9.89 Å². The lowest BCUT2D eigenvalue weighted by Gasteiger charge is -2.36. The fraction of sp³-hybridized carbons (Fsp3) is 0.303. The van der Waals surface area contributed by atoms with E-state index in [-0.39, 0.29) is 24.1 Å². The molecule has 6 rings (SSSR count). The number of nitrogens with one attached hydrogen (secondary N) is 1. The second-order valence-electron chi connectivity index (χ2n) is 10.7. The number of ether oxygens (including phenoxy) is 1. The fourth-order valence-corrected chi connectivity index (χ4v) is 6.55. The number of hydrogen-bond acceptors (Lipinski definition) is 8. The van der Waals surface area contributed by atoms with Crippen molar-refractivity contribution >= 4 is 57.5 Å². The number of fused-ring (bicyclic) bond motifs is 3. The molecular weight excluding hydrogens is 576 g/mol. The van der Waals surface area contributed by atoms with Crippen LogP contribution < -0.4 is 15.0 Å². The molecule has 1 fully saturated rings. The number of amides is 3. The van der Waals surface area contributed by atoms with Crippen LogP contribution in [0.2, 0.25) is 0 Å². The predicted molar refractivity (Wildman–Crippen MR) is 174 cm³/mol. The average molecular weight is 611 g/mol. The first-order valence-corrected chi connectivity index (χ1v) is 15.6. The minimum atomic E-state index is -0.854. The van der Waals surface area contributed by atoms with E-state index < -0.39 is 11.3 Å². The van der Waals surface area contributed by atoms with Gasteiger partial charge < -0.3 is 19.9 Å². The van der Waals surface area contributed by atoms with E-state index in [9.17, 15) is 14.4 Å². The van der Waals surface area contributed by atoms with E-state index in [0.29, 0.717) is 47.6 Å². The third-order valence-corrected chi connectivity index (χ3v) is 9.23. The van der Waals surface area contributed by atoms with Gasteiger partial charge in [0.25, 0.3) is 5.91 Å². The Kier molecular flexibility index (Phi) is 8.65. The molecule has 0 aromatic heterocycles. The van der Waals surface area contributed by atoms with Gasteiger partial charge in [-0.2, -0.15) is 0 Å². The molecular formula is C33H34N6O4S. The second-order valence-corrected chi connectivity index (χ2v) is 11.9. The number of hydrogen-bond donors (Lipinski definition) is 1. The van der Waals surface area contributed by atoms with Crippen LogP contribution in [0.3, 0.4) is 0 Å². The van der Waals surface area contributed by atoms with Gasteiger partial charge in [0.1, 0.15) is 17.6 Å². The molecule has 44 heavy (non-hydrogen) atoms. The molecule has 3 aliphatic rings. The highest BCUT2D eigenvalue weighted by atomic mass is 32.2. The molecule has 3 aromatic carbocycles. The summed E-state index contributed by atoms with van der Waals surface area (Å²) in [6, 6.07) is 23.9. The van der Waals surface area contributed by atoms with Crippen LogP contribution in [-0.2, 0) is 14.4 Å². The quantitative estimate of drug-likeness (QED) is 0.401. The number of para-hydroxylation sites is 2. The van der Waals surface area contributed by atoms with Gasteiger partial charge in [-0.3, -0.25) is 19.4 Å². The van der Waals surface area contributed by atoms with E-state index in [1.165, 1.54) is 16.7 Å². The number of thioether (sulfide) groups is 1. The molecule has 1 N–H and O–H groups in total. The van der Waals surface area contributed by atoms with Crippen molar-refractivity contribution in [3.8, 4) is 5.75 Å². The molecule has 3 aromatic rings. The van der Waals surface area contributed by atoms with Crippen LogP contribution in [0.5, 0.6) is 5.75 Å². The number of rotatable bonds is 8. The molecule has 3 amide bonds. The number of piperazine rings is 1. The maximum Gasteiger partial charge on any atom is 0.259 e. The molecule has 2 atom stereocenters. The standard InChI is InChI=1S/C33H34N6O4S/c1-3-28(31(41)34-22-10-9-13-24(20-22)43-2)44-33-36-26-15-8-7-14-25(26)30-35-27(32(42)39(30)33)21-29(40)38-18-16-37(17-19-38)23-11-5-4-6-12-23/h4-15,20,27-28H,3,16-19,21H2,1-2H3,(H,34,41)/t27-,28-/m1/s1. The van der Waals surface area contributed by atoms with E-state index >= 15 is 0 Å². The normalized spacial score (nSPS) is 18.2. The van der Waals surface area contributed by atoms with E-state index in [4.69, 9.17) is 14.7 Å². The molecule has 226 valence electrons. The van der Waals surface area contributed by atoms with Gasteiger partial charge in [0.15, 0.2) is 5.17 Å². The molecule has 11 heteroatoms. The van der Waals surface area contributed by atoms with Crippen molar-refractivity contribution in [1.29, 1.82) is 0 Å². The Morgan fingerprint density at radius 1 is 1.00 bits per heavy atom. The Balaban J connectivity index is 1.16. The van der Waals surface area contributed by atoms with Crippen LogP contribution in [0.1, 0.15) is 25.3 Å². The fourth-order valence-electron chi connectivity index (χ4n) is 5.53. The number of benzene rings is 3. The predicted octanol–water partition coefficient (Wildman–Crippen LogP) is 4.54. The summed E-state index contributed by atoms with van der Waals surface area (Å²) in [6.07, 6.45) is 0.490. The number of methoxy groups -OCH3 is 1. The van der Waals surface area contributed by atoms with E-state index in [0.717, 1.165) is 24.3 Å². The largest absolute Gasteiger partial charge is 0.497 e. The van der Waals surface area contributed by atoms with Gasteiger partial charge >= 0.3 is 0 Å². The molecule has 0 saturated carbocycles. The Bertz CT molecular complexity index is 1620. The Hall–Kier alpha value is -4.64. The molecule has 0 aliphatic carbocycles. The van der Waals surface area contributed by atoms with Gasteiger partial charge in [-0.05, 0) is 42.8 Å². The average Bonchev–Trinajstić information content (AvgIpc) is 3.39. The Morgan fingerprint density at radius 2 is 1.75 bits per heavy atom. The maximum absolute atomic E-state index is 13.8. The van der Waals surface area contributed by atoms with Crippen LogP contribution in [0, 0.1) is 0 Å². The van der Waals surface area contributed by atoms with Crippen LogP contribution >= 0.6 is 11.8 Å². The van der Waals surface area contributed by atoms with Crippen LogP contribution in [0.15, 0.2) is 88.8 Å². The summed E-state index contributed by atoms with van der Waals surface area (Å²) in [4.78, 5) is 55.7. The van der Waals surface area contributed by atoms with Crippen molar-refractivity contribution < 1.29 is 19.1 Å². The lowest BCUT2D eigenvalue weighted by atomic mass is 10.1. The molecule has 0 spiro atoms. The molecule has 10 nitrogen and oxygen atoms in total. The summed E-state index contributed by atoms with van der Waals surface area (Å²) in [5.74, 6) is 0.500. The third-order valence-electron chi connectivity index (χ3n) is 7.92. The van der Waals surface area contributed by atoms with Gasteiger partial charge in [-0.1, -0.05) is 55.1 Å². The summed E-state index contributed by atoms with van der Waals surface area (Å²) in [6.45, 7) is 4.54. The van der Waals surface area contributed by atoms with Crippen LogP contribution in [0.25, 0.3) is 0 Å². The van der Waals surface area contributed by atoms with Gasteiger partial charge in [-0.15, -0.1) is 0 Å². The number of carbonyl (C=O) groups excluding carboxylic acids is 3. The highest BCUT2D eigenvalue weighted by Gasteiger charge is 2.43. The van der Waals surface area contributed by atoms with Crippen LogP contribution in [0.4, 0.5) is 17.1 Å². The van der Waals surface area contributed by atoms with E-state index in [1.807, 2.05) is 60.4 Å². The Labute approximate surface area is 260 Å². The molecule has 1 saturated heterocycles. The van der Waals surface area contributed by atoms with Crippen molar-refractivity contribution in [3.63, 3.8) is 0 Å². The zero-order valence-corrected chi connectivity index (χ0v) is 25.5. The van der Waals surface area contributed by atoms with Crippen molar-refractivity contribution in [2.75, 3.05) is 43.5 Å². The number of aliphatic imine (C=N–C) groups is 2. The SMILES string of the molecule is CC[C@@H](SC1=Nc2ccccc2C2=N[C@H](CC(=O)N3CCN(c4ccccc4)CC3)C(=O)N12)C(=O)Nc1cccc(OC)c1. The smallest absolute Gasteiger partial charge is 0.259 e. The first kappa shape index (κ1) is 29.4. The lowest BCUT2D eigenvalue weighted by Crippen LogP contribution is -2.50. The molecule has 3 heterocycles. The summed E-state index contributed by atoms with van der Waals surface area (Å²) in [7, 11) is 1.57. The maximum atomic E-state index is 13.8. The minimum Gasteiger partial charge on any atom is -0.497 e. The summed E-state index contributed by atoms with van der Waals surface area (Å²) in [5, 5.41) is 2.80. The monoisotopic (exact) mass is 610 g/mol. The summed E-state index contributed by atoms with van der Waals surface area (Å²) < 4.78 is 5.27. The van der Waals surface area contributed by atoms with Gasteiger partial charge in [0.2, 0.25) is 11.8 Å². The number of nitrogens with zero attached hydrogens (tertiary/aromatic N) is 5. The lowest BCUT2D eigenvalue weighted by molar-refractivity contribution is -0.135. The first-order valence-electron chi connectivity index (χ1n) is 14.7. The van der Waals surface area contributed by atoms with Crippen molar-refractivity contribution in [3.05, 3.63) is 84.4 Å². The molecule has 0 radical (unpaired) electrons. The summed E-state index contributed by atoms with van der Waals surface area (Å²) >= 11 is 1.22. The molecule has 3 aliphatic heterocycles. The third kappa shape index (κ3) is 6.05. The van der Waals surface area contributed by atoms with Crippen molar-refractivity contribution in [2.24, 2.45) is 9.98 Å². The number of amidine groups is 2. The molecule has 0 bridgehead atoms. The highest BCUT2D eigenvalue weighted by molar-refractivity contribution is 8.15. The molecule has 0 unspecified atom stereocenters. The highest BCUT2D eigenvalue weighted by Crippen LogP contribution is 2.36. The number of carbonyl (C=O) groups is 3. The van der Waals surface area contributed by atoms with E-state index in [2.05, 4.69) is 22.3 Å². The van der Waals surface area contributed by atoms with Crippen molar-refractivity contribution in [1.82, 2.24) is 9.80 Å². The topological polar surface area (TPSA) is 107 Å². The summed E-state index contributed by atoms with van der Waals surface area (Å²) in [5.41, 5.74) is 3.15. The number of anilines is 2. The zero-order chi connectivity index (χ0) is 30.6. The van der Waals surface area contributed by atoms with Crippen molar-refractivity contribution in [2.45, 2.75) is 31.1 Å². The van der Waals surface area contributed by atoms with E-state index in [1.54, 1.807) is 25.3 Å². The van der Waals surface area contributed by atoms with Gasteiger partial charge in [0, 0.05) is 49.2 Å². The van der Waals surface area contributed by atoms with Gasteiger partial charge in [0.05, 0.1) is 24.5 Å².